The zero-order valence-corrected chi connectivity index (χ0v) is 11.1. The molecule has 2 N–H and O–H groups in total. The number of aromatic nitrogens is 1. The van der Waals surface area contributed by atoms with E-state index in [2.05, 4.69) is 4.98 Å². The molecule has 5 heteroatoms. The summed E-state index contributed by atoms with van der Waals surface area (Å²) in [6, 6.07) is 9.20. The molecule has 0 aliphatic heterocycles. The predicted molar refractivity (Wildman–Crippen MR) is 74.6 cm³/mol. The maximum atomic E-state index is 11.0. The van der Waals surface area contributed by atoms with Gasteiger partial charge in [-0.3, -0.25) is 4.79 Å². The van der Waals surface area contributed by atoms with Crippen LogP contribution in [-0.4, -0.2) is 15.8 Å². The van der Waals surface area contributed by atoms with Gasteiger partial charge in [-0.25, -0.2) is 0 Å². The van der Waals surface area contributed by atoms with E-state index in [0.717, 1.165) is 22.1 Å². The molecule has 18 heavy (non-hydrogen) atoms. The van der Waals surface area contributed by atoms with Crippen LogP contribution in [0.15, 0.2) is 46.2 Å². The number of aromatic hydroxyl groups is 1. The van der Waals surface area contributed by atoms with Crippen LogP contribution in [0, 0.1) is 0 Å². The first kappa shape index (κ1) is 13.1. The number of hydrogen-bond donors (Lipinski definition) is 2. The number of halogens is 1. The monoisotopic (exact) mass is 281 g/mol. The topological polar surface area (TPSA) is 53.1 Å². The Bertz CT molecular complexity index is 580. The smallest absolute Gasteiger partial charge is 0.290 e. The number of rotatable bonds is 4. The van der Waals surface area contributed by atoms with Gasteiger partial charge in [0.2, 0.25) is 0 Å². The van der Waals surface area contributed by atoms with Crippen LogP contribution in [0.5, 0.6) is 5.75 Å². The summed E-state index contributed by atoms with van der Waals surface area (Å²) in [4.78, 5) is 14.3. The summed E-state index contributed by atoms with van der Waals surface area (Å²) in [7, 11) is 0. The first-order valence-corrected chi connectivity index (χ1v) is 6.80. The molecule has 0 atom stereocenters. The van der Waals surface area contributed by atoms with Crippen molar-refractivity contribution >= 4 is 23.4 Å². The second-order valence-corrected chi connectivity index (χ2v) is 5.38. The second-order valence-electron chi connectivity index (χ2n) is 3.77. The summed E-state index contributed by atoms with van der Waals surface area (Å²) in [6.07, 6.45) is 2.51. The first-order chi connectivity index (χ1) is 8.65. The zero-order valence-electron chi connectivity index (χ0n) is 9.52. The first-order valence-electron chi connectivity index (χ1n) is 5.44. The highest BCUT2D eigenvalue weighted by Gasteiger charge is 2.00. The van der Waals surface area contributed by atoms with E-state index >= 15 is 0 Å². The maximum Gasteiger partial charge on any atom is 0.290 e. The number of aromatic amines is 1. The minimum atomic E-state index is -0.461. The van der Waals surface area contributed by atoms with Gasteiger partial charge in [0.1, 0.15) is 0 Å². The lowest BCUT2D eigenvalue weighted by Gasteiger charge is -2.02. The van der Waals surface area contributed by atoms with Crippen molar-refractivity contribution in [3.05, 3.63) is 57.5 Å². The lowest BCUT2D eigenvalue weighted by Crippen LogP contribution is -2.03. The molecule has 0 unspecified atom stereocenters. The molecule has 0 aliphatic rings. The molecule has 0 spiro atoms. The van der Waals surface area contributed by atoms with E-state index in [1.807, 2.05) is 24.3 Å². The Morgan fingerprint density at radius 1 is 1.28 bits per heavy atom. The zero-order chi connectivity index (χ0) is 13.0. The van der Waals surface area contributed by atoms with E-state index in [1.165, 1.54) is 11.6 Å². The van der Waals surface area contributed by atoms with Crippen LogP contribution < -0.4 is 5.56 Å². The normalized spacial score (nSPS) is 10.5. The van der Waals surface area contributed by atoms with Crippen molar-refractivity contribution in [1.29, 1.82) is 0 Å². The lowest BCUT2D eigenvalue weighted by atomic mass is 10.2. The van der Waals surface area contributed by atoms with Gasteiger partial charge in [-0.15, -0.1) is 11.8 Å². The maximum absolute atomic E-state index is 11.0. The number of thioether (sulfide) groups is 1. The molecule has 0 fully saturated rings. The third-order valence-corrected chi connectivity index (χ3v) is 3.66. The van der Waals surface area contributed by atoms with E-state index in [1.54, 1.807) is 18.0 Å². The van der Waals surface area contributed by atoms with Gasteiger partial charge in [0.25, 0.3) is 5.56 Å². The fourth-order valence-corrected chi connectivity index (χ4v) is 2.51. The average Bonchev–Trinajstić information content (AvgIpc) is 2.36. The number of benzene rings is 1. The Balaban J connectivity index is 1.90. The van der Waals surface area contributed by atoms with Crippen molar-refractivity contribution in [2.24, 2.45) is 0 Å². The van der Waals surface area contributed by atoms with Crippen LogP contribution in [0.2, 0.25) is 5.02 Å². The summed E-state index contributed by atoms with van der Waals surface area (Å²) < 4.78 is 0. The van der Waals surface area contributed by atoms with E-state index in [-0.39, 0.29) is 5.75 Å². The number of pyridine rings is 1. The standard InChI is InChI=1S/C13H12ClNO2S/c14-10-3-1-9(2-4-10)5-6-18-11-7-12(16)13(17)15-8-11/h1-4,7-8,16H,5-6H2,(H,15,17). The fourth-order valence-electron chi connectivity index (χ4n) is 1.47. The van der Waals surface area contributed by atoms with Crippen LogP contribution >= 0.6 is 23.4 Å². The van der Waals surface area contributed by atoms with Crippen LogP contribution in [0.3, 0.4) is 0 Å². The summed E-state index contributed by atoms with van der Waals surface area (Å²) in [6.45, 7) is 0. The molecule has 0 amide bonds. The molecule has 0 radical (unpaired) electrons. The van der Waals surface area contributed by atoms with Gasteiger partial charge in [-0.2, -0.15) is 0 Å². The van der Waals surface area contributed by atoms with Gasteiger partial charge in [0.15, 0.2) is 5.75 Å². The van der Waals surface area contributed by atoms with Crippen molar-refractivity contribution in [3.8, 4) is 5.75 Å². The molecule has 3 nitrogen and oxygen atoms in total. The molecule has 2 aromatic rings. The Kier molecular flexibility index (Phi) is 4.33. The number of H-pyrrole nitrogens is 1. The molecule has 1 aromatic heterocycles. The number of nitrogens with one attached hydrogen (secondary N) is 1. The second kappa shape index (κ2) is 5.98. The highest BCUT2D eigenvalue weighted by Crippen LogP contribution is 2.20. The van der Waals surface area contributed by atoms with Crippen LogP contribution in [0.4, 0.5) is 0 Å². The molecule has 0 saturated carbocycles. The van der Waals surface area contributed by atoms with Crippen molar-refractivity contribution in [3.63, 3.8) is 0 Å². The quantitative estimate of drug-likeness (QED) is 0.847. The molecule has 1 aromatic carbocycles. The highest BCUT2D eigenvalue weighted by molar-refractivity contribution is 7.99. The van der Waals surface area contributed by atoms with E-state index in [4.69, 9.17) is 11.6 Å². The van der Waals surface area contributed by atoms with Crippen molar-refractivity contribution < 1.29 is 5.11 Å². The van der Waals surface area contributed by atoms with Gasteiger partial charge >= 0.3 is 0 Å². The third kappa shape index (κ3) is 3.55. The van der Waals surface area contributed by atoms with E-state index in [0.29, 0.717) is 0 Å². The van der Waals surface area contributed by atoms with Crippen molar-refractivity contribution in [2.45, 2.75) is 11.3 Å². The van der Waals surface area contributed by atoms with Gasteiger partial charge in [0.05, 0.1) is 0 Å². The summed E-state index contributed by atoms with van der Waals surface area (Å²) in [5.41, 5.74) is 0.748. The molecule has 2 rings (SSSR count). The van der Waals surface area contributed by atoms with E-state index in [9.17, 15) is 9.90 Å². The van der Waals surface area contributed by atoms with Gasteiger partial charge < -0.3 is 10.1 Å². The molecule has 1 heterocycles. The average molecular weight is 282 g/mol. The molecule has 0 bridgehead atoms. The van der Waals surface area contributed by atoms with Crippen molar-refractivity contribution in [1.82, 2.24) is 4.98 Å². The van der Waals surface area contributed by atoms with E-state index < -0.39 is 5.56 Å². The van der Waals surface area contributed by atoms with Gasteiger partial charge in [-0.05, 0) is 24.1 Å². The summed E-state index contributed by atoms with van der Waals surface area (Å²) >= 11 is 7.39. The number of aryl methyl sites for hydroxylation is 1. The largest absolute Gasteiger partial charge is 0.503 e. The van der Waals surface area contributed by atoms with Crippen LogP contribution in [0.25, 0.3) is 0 Å². The Labute approximate surface area is 114 Å². The number of hydrogen-bond acceptors (Lipinski definition) is 3. The summed E-state index contributed by atoms with van der Waals surface area (Å²) in [5, 5.41) is 10.0. The Hall–Kier alpha value is -1.39. The fraction of sp³-hybridized carbons (Fsp3) is 0.154. The molecule has 0 aliphatic carbocycles. The highest BCUT2D eigenvalue weighted by atomic mass is 35.5. The third-order valence-electron chi connectivity index (χ3n) is 2.43. The minimum absolute atomic E-state index is 0.244. The Morgan fingerprint density at radius 3 is 2.67 bits per heavy atom. The van der Waals surface area contributed by atoms with Crippen LogP contribution in [0.1, 0.15) is 5.56 Å². The van der Waals surface area contributed by atoms with Crippen LogP contribution in [-0.2, 0) is 6.42 Å². The molecule has 0 saturated heterocycles. The van der Waals surface area contributed by atoms with Crippen molar-refractivity contribution in [2.75, 3.05) is 5.75 Å². The SMILES string of the molecule is O=c1[nH]cc(SCCc2ccc(Cl)cc2)cc1O. The molecular formula is C13H12ClNO2S. The minimum Gasteiger partial charge on any atom is -0.503 e. The lowest BCUT2D eigenvalue weighted by molar-refractivity contribution is 0.464. The Morgan fingerprint density at radius 2 is 2.00 bits per heavy atom. The molecule has 94 valence electrons. The van der Waals surface area contributed by atoms with Gasteiger partial charge in [-0.1, -0.05) is 23.7 Å². The van der Waals surface area contributed by atoms with Gasteiger partial charge in [0, 0.05) is 27.9 Å². The molecular weight excluding hydrogens is 270 g/mol. The predicted octanol–water partition coefficient (Wildman–Crippen LogP) is 3.07. The summed E-state index contributed by atoms with van der Waals surface area (Å²) in [5.74, 6) is 0.624.